The summed E-state index contributed by atoms with van der Waals surface area (Å²) in [5.74, 6) is 0.201. The topological polar surface area (TPSA) is 42.2 Å². The van der Waals surface area contributed by atoms with Crippen molar-refractivity contribution in [2.45, 2.75) is 19.9 Å². The molecule has 0 saturated heterocycles. The predicted molar refractivity (Wildman–Crippen MR) is 88.9 cm³/mol. The molecule has 0 fully saturated rings. The number of rotatable bonds is 3. The minimum absolute atomic E-state index is 0.0307. The van der Waals surface area contributed by atoms with E-state index in [1.165, 1.54) is 0 Å². The lowest BCUT2D eigenvalue weighted by Gasteiger charge is -2.11. The summed E-state index contributed by atoms with van der Waals surface area (Å²) in [6, 6.07) is 9.70. The van der Waals surface area contributed by atoms with Gasteiger partial charge in [-0.1, -0.05) is 22.0 Å². The Bertz CT molecular complexity index is 792. The molecule has 0 aliphatic heterocycles. The normalized spacial score (nSPS) is 12.5. The van der Waals surface area contributed by atoms with Crippen molar-refractivity contribution >= 4 is 44.1 Å². The van der Waals surface area contributed by atoms with Gasteiger partial charge in [0.1, 0.15) is 5.58 Å². The fourth-order valence-electron chi connectivity index (χ4n) is 2.28. The molecule has 3 nitrogen and oxygen atoms in total. The number of benzene rings is 1. The molecule has 108 valence electrons. The van der Waals surface area contributed by atoms with Gasteiger partial charge in [0, 0.05) is 20.3 Å². The van der Waals surface area contributed by atoms with E-state index in [0.717, 1.165) is 25.9 Å². The Hall–Kier alpha value is -1.59. The van der Waals surface area contributed by atoms with Crippen LogP contribution in [-0.2, 0) is 0 Å². The van der Waals surface area contributed by atoms with Gasteiger partial charge in [-0.15, -0.1) is 11.3 Å². The van der Waals surface area contributed by atoms with E-state index in [1.54, 1.807) is 11.3 Å². The molecule has 0 aliphatic rings. The first-order valence-corrected chi connectivity index (χ1v) is 8.26. The van der Waals surface area contributed by atoms with Crippen LogP contribution in [0.2, 0.25) is 0 Å². The zero-order chi connectivity index (χ0) is 15.0. The molecule has 3 rings (SSSR count). The molecular formula is C16H14BrNO2S. The first kappa shape index (κ1) is 14.4. The zero-order valence-corrected chi connectivity index (χ0v) is 14.0. The van der Waals surface area contributed by atoms with Crippen LogP contribution in [-0.4, -0.2) is 5.91 Å². The SMILES string of the molecule is Cc1c(C(=O)N[C@H](C)c2cccs2)oc2ccc(Br)cc12. The molecular weight excluding hydrogens is 350 g/mol. The van der Waals surface area contributed by atoms with Gasteiger partial charge in [0.2, 0.25) is 0 Å². The molecule has 0 unspecified atom stereocenters. The lowest BCUT2D eigenvalue weighted by Crippen LogP contribution is -2.26. The highest BCUT2D eigenvalue weighted by molar-refractivity contribution is 9.10. The van der Waals surface area contributed by atoms with Crippen LogP contribution in [0, 0.1) is 6.92 Å². The van der Waals surface area contributed by atoms with Gasteiger partial charge in [0.05, 0.1) is 6.04 Å². The van der Waals surface area contributed by atoms with Gasteiger partial charge in [-0.2, -0.15) is 0 Å². The Morgan fingerprint density at radius 1 is 1.38 bits per heavy atom. The van der Waals surface area contributed by atoms with Crippen molar-refractivity contribution in [2.24, 2.45) is 0 Å². The minimum atomic E-state index is -0.180. The van der Waals surface area contributed by atoms with Gasteiger partial charge in [0.15, 0.2) is 5.76 Å². The molecule has 21 heavy (non-hydrogen) atoms. The molecule has 0 bridgehead atoms. The number of carbonyl (C=O) groups excluding carboxylic acids is 1. The molecule has 0 saturated carbocycles. The molecule has 3 aromatic rings. The Balaban J connectivity index is 1.89. The number of furan rings is 1. The summed E-state index contributed by atoms with van der Waals surface area (Å²) < 4.78 is 6.67. The largest absolute Gasteiger partial charge is 0.451 e. The number of aryl methyl sites for hydroxylation is 1. The lowest BCUT2D eigenvalue weighted by molar-refractivity contribution is 0.0914. The number of hydrogen-bond acceptors (Lipinski definition) is 3. The van der Waals surface area contributed by atoms with E-state index in [1.807, 2.05) is 49.6 Å². The first-order chi connectivity index (χ1) is 10.1. The summed E-state index contributed by atoms with van der Waals surface area (Å²) in [5, 5.41) is 5.94. The zero-order valence-electron chi connectivity index (χ0n) is 11.6. The maximum atomic E-state index is 12.4. The van der Waals surface area contributed by atoms with Crippen molar-refractivity contribution < 1.29 is 9.21 Å². The third-order valence-electron chi connectivity index (χ3n) is 3.42. The van der Waals surface area contributed by atoms with Gasteiger partial charge >= 0.3 is 0 Å². The summed E-state index contributed by atoms with van der Waals surface area (Å²) >= 11 is 5.07. The van der Waals surface area contributed by atoms with Crippen molar-refractivity contribution in [1.29, 1.82) is 0 Å². The fraction of sp³-hybridized carbons (Fsp3) is 0.188. The minimum Gasteiger partial charge on any atom is -0.451 e. The van der Waals surface area contributed by atoms with E-state index in [0.29, 0.717) is 5.76 Å². The van der Waals surface area contributed by atoms with Crippen molar-refractivity contribution in [3.8, 4) is 0 Å². The third-order valence-corrected chi connectivity index (χ3v) is 4.97. The Morgan fingerprint density at radius 2 is 2.19 bits per heavy atom. The van der Waals surface area contributed by atoms with Crippen molar-refractivity contribution in [3.63, 3.8) is 0 Å². The predicted octanol–water partition coefficient (Wildman–Crippen LogP) is 5.06. The lowest BCUT2D eigenvalue weighted by atomic mass is 10.1. The van der Waals surface area contributed by atoms with E-state index >= 15 is 0 Å². The van der Waals surface area contributed by atoms with Gasteiger partial charge in [-0.05, 0) is 43.5 Å². The van der Waals surface area contributed by atoms with Crippen LogP contribution in [0.25, 0.3) is 11.0 Å². The second kappa shape index (κ2) is 5.66. The summed E-state index contributed by atoms with van der Waals surface area (Å²) in [4.78, 5) is 13.5. The second-order valence-corrected chi connectivity index (χ2v) is 6.80. The van der Waals surface area contributed by atoms with E-state index in [-0.39, 0.29) is 11.9 Å². The van der Waals surface area contributed by atoms with Gasteiger partial charge in [0.25, 0.3) is 5.91 Å². The Morgan fingerprint density at radius 3 is 2.90 bits per heavy atom. The average Bonchev–Trinajstić information content (AvgIpc) is 3.08. The summed E-state index contributed by atoms with van der Waals surface area (Å²) in [6.45, 7) is 3.88. The maximum Gasteiger partial charge on any atom is 0.287 e. The van der Waals surface area contributed by atoms with Crippen LogP contribution < -0.4 is 5.32 Å². The monoisotopic (exact) mass is 363 g/mol. The number of nitrogens with one attached hydrogen (secondary N) is 1. The number of hydrogen-bond donors (Lipinski definition) is 1. The van der Waals surface area contributed by atoms with Crippen LogP contribution in [0.3, 0.4) is 0 Å². The molecule has 1 N–H and O–H groups in total. The van der Waals surface area contributed by atoms with E-state index in [4.69, 9.17) is 4.42 Å². The van der Waals surface area contributed by atoms with Crippen LogP contribution in [0.1, 0.15) is 34.0 Å². The summed E-state index contributed by atoms with van der Waals surface area (Å²) in [7, 11) is 0. The number of halogens is 1. The highest BCUT2D eigenvalue weighted by Crippen LogP contribution is 2.28. The molecule has 0 aliphatic carbocycles. The number of fused-ring (bicyclic) bond motifs is 1. The number of carbonyl (C=O) groups is 1. The first-order valence-electron chi connectivity index (χ1n) is 6.59. The van der Waals surface area contributed by atoms with E-state index < -0.39 is 0 Å². The molecule has 2 aromatic heterocycles. The molecule has 5 heteroatoms. The van der Waals surface area contributed by atoms with Crippen LogP contribution >= 0.6 is 27.3 Å². The summed E-state index contributed by atoms with van der Waals surface area (Å²) in [6.07, 6.45) is 0. The van der Waals surface area contributed by atoms with E-state index in [9.17, 15) is 4.79 Å². The average molecular weight is 364 g/mol. The summed E-state index contributed by atoms with van der Waals surface area (Å²) in [5.41, 5.74) is 1.59. The highest BCUT2D eigenvalue weighted by Gasteiger charge is 2.20. The highest BCUT2D eigenvalue weighted by atomic mass is 79.9. The molecule has 1 atom stereocenters. The van der Waals surface area contributed by atoms with Crippen LogP contribution in [0.5, 0.6) is 0 Å². The van der Waals surface area contributed by atoms with Crippen molar-refractivity contribution in [2.75, 3.05) is 0 Å². The number of amides is 1. The Kier molecular flexibility index (Phi) is 3.87. The van der Waals surface area contributed by atoms with Crippen molar-refractivity contribution in [1.82, 2.24) is 5.32 Å². The molecule has 2 heterocycles. The molecule has 0 spiro atoms. The third kappa shape index (κ3) is 2.76. The fourth-order valence-corrected chi connectivity index (χ4v) is 3.38. The molecule has 1 amide bonds. The number of thiophene rings is 1. The van der Waals surface area contributed by atoms with Gasteiger partial charge in [-0.25, -0.2) is 0 Å². The quantitative estimate of drug-likeness (QED) is 0.706. The van der Waals surface area contributed by atoms with Crippen LogP contribution in [0.15, 0.2) is 44.6 Å². The standard InChI is InChI=1S/C16H14BrNO2S/c1-9-12-8-11(17)5-6-13(12)20-15(9)16(19)18-10(2)14-4-3-7-21-14/h3-8,10H,1-2H3,(H,18,19)/t10-/m1/s1. The van der Waals surface area contributed by atoms with Crippen molar-refractivity contribution in [3.05, 3.63) is 56.4 Å². The second-order valence-electron chi connectivity index (χ2n) is 4.91. The van der Waals surface area contributed by atoms with E-state index in [2.05, 4.69) is 21.2 Å². The molecule has 0 radical (unpaired) electrons. The smallest absolute Gasteiger partial charge is 0.287 e. The Labute approximate surface area is 135 Å². The van der Waals surface area contributed by atoms with Gasteiger partial charge in [-0.3, -0.25) is 4.79 Å². The maximum absolute atomic E-state index is 12.4. The van der Waals surface area contributed by atoms with Gasteiger partial charge < -0.3 is 9.73 Å². The molecule has 1 aromatic carbocycles. The van der Waals surface area contributed by atoms with Crippen LogP contribution in [0.4, 0.5) is 0 Å².